The van der Waals surface area contributed by atoms with Crippen LogP contribution in [0.15, 0.2) is 0 Å². The zero-order chi connectivity index (χ0) is 16.1. The van der Waals surface area contributed by atoms with Gasteiger partial charge in [-0.15, -0.1) is 0 Å². The van der Waals surface area contributed by atoms with Crippen molar-refractivity contribution < 1.29 is 19.1 Å². The molecule has 0 aliphatic rings. The Labute approximate surface area is 120 Å². The Morgan fingerprint density at radius 2 is 1.50 bits per heavy atom. The van der Waals surface area contributed by atoms with Crippen molar-refractivity contribution in [1.82, 2.24) is 10.6 Å². The first kappa shape index (κ1) is 18.4. The van der Waals surface area contributed by atoms with Gasteiger partial charge in [0.15, 0.2) is 0 Å². The van der Waals surface area contributed by atoms with Gasteiger partial charge in [-0.05, 0) is 33.6 Å². The molecule has 0 spiro atoms. The summed E-state index contributed by atoms with van der Waals surface area (Å²) in [6.07, 6.45) is 0. The fourth-order valence-corrected chi connectivity index (χ4v) is 1.51. The fraction of sp³-hybridized carbons (Fsp3) is 0.786. The SMILES string of the molecule is CC(=O)NC(C)C(=O)N[C@H](C(=O)OC(C)(C)C)C(C)C. The van der Waals surface area contributed by atoms with Crippen molar-refractivity contribution in [2.45, 2.75) is 66.2 Å². The van der Waals surface area contributed by atoms with Crippen LogP contribution >= 0.6 is 0 Å². The van der Waals surface area contributed by atoms with Crippen LogP contribution in [0.4, 0.5) is 0 Å². The third kappa shape index (κ3) is 7.11. The van der Waals surface area contributed by atoms with Crippen LogP contribution in [-0.4, -0.2) is 35.5 Å². The molecular weight excluding hydrogens is 260 g/mol. The molecule has 0 heterocycles. The van der Waals surface area contributed by atoms with Gasteiger partial charge < -0.3 is 15.4 Å². The summed E-state index contributed by atoms with van der Waals surface area (Å²) >= 11 is 0. The van der Waals surface area contributed by atoms with Crippen molar-refractivity contribution in [3.63, 3.8) is 0 Å². The highest BCUT2D eigenvalue weighted by molar-refractivity contribution is 5.90. The molecule has 0 fully saturated rings. The highest BCUT2D eigenvalue weighted by Crippen LogP contribution is 2.12. The first-order chi connectivity index (χ1) is 8.94. The summed E-state index contributed by atoms with van der Waals surface area (Å²) in [5, 5.41) is 5.09. The number of carbonyl (C=O) groups is 3. The molecule has 1 unspecified atom stereocenters. The zero-order valence-electron chi connectivity index (χ0n) is 13.4. The average molecular weight is 286 g/mol. The van der Waals surface area contributed by atoms with Crippen molar-refractivity contribution in [1.29, 1.82) is 0 Å². The van der Waals surface area contributed by atoms with Crippen LogP contribution in [0.3, 0.4) is 0 Å². The lowest BCUT2D eigenvalue weighted by Gasteiger charge is -2.27. The molecule has 6 nitrogen and oxygen atoms in total. The summed E-state index contributed by atoms with van der Waals surface area (Å²) in [7, 11) is 0. The largest absolute Gasteiger partial charge is 0.458 e. The van der Waals surface area contributed by atoms with E-state index in [9.17, 15) is 14.4 Å². The number of hydrogen-bond donors (Lipinski definition) is 2. The standard InChI is InChI=1S/C14H26N2O4/c1-8(2)11(13(19)20-14(5,6)7)16-12(18)9(3)15-10(4)17/h8-9,11H,1-7H3,(H,15,17)(H,16,18)/t9?,11-/m0/s1. The van der Waals surface area contributed by atoms with Crippen molar-refractivity contribution >= 4 is 17.8 Å². The number of esters is 1. The van der Waals surface area contributed by atoms with Crippen LogP contribution in [0.2, 0.25) is 0 Å². The number of carbonyl (C=O) groups excluding carboxylic acids is 3. The minimum absolute atomic E-state index is 0.113. The Morgan fingerprint density at radius 1 is 1.00 bits per heavy atom. The van der Waals surface area contributed by atoms with Gasteiger partial charge in [0, 0.05) is 6.92 Å². The van der Waals surface area contributed by atoms with E-state index in [-0.39, 0.29) is 11.8 Å². The summed E-state index contributed by atoms with van der Waals surface area (Å²) in [6.45, 7) is 11.8. The highest BCUT2D eigenvalue weighted by atomic mass is 16.6. The topological polar surface area (TPSA) is 84.5 Å². The number of ether oxygens (including phenoxy) is 1. The number of amides is 2. The van der Waals surface area contributed by atoms with E-state index in [1.54, 1.807) is 27.7 Å². The maximum atomic E-state index is 12.1. The number of nitrogens with one attached hydrogen (secondary N) is 2. The lowest BCUT2D eigenvalue weighted by atomic mass is 10.0. The maximum Gasteiger partial charge on any atom is 0.329 e. The minimum Gasteiger partial charge on any atom is -0.458 e. The van der Waals surface area contributed by atoms with Gasteiger partial charge in [-0.1, -0.05) is 13.8 Å². The molecule has 0 rings (SSSR count). The molecule has 0 aromatic carbocycles. The first-order valence-corrected chi connectivity index (χ1v) is 6.74. The molecule has 0 aromatic rings. The quantitative estimate of drug-likeness (QED) is 0.738. The third-order valence-corrected chi connectivity index (χ3v) is 2.44. The van der Waals surface area contributed by atoms with Gasteiger partial charge in [-0.2, -0.15) is 0 Å². The maximum absolute atomic E-state index is 12.1. The second-order valence-corrected chi connectivity index (χ2v) is 6.19. The van der Waals surface area contributed by atoms with E-state index in [0.29, 0.717) is 0 Å². The van der Waals surface area contributed by atoms with Crippen LogP contribution in [0.1, 0.15) is 48.5 Å². The summed E-state index contributed by atoms with van der Waals surface area (Å²) in [5.41, 5.74) is -0.613. The molecule has 116 valence electrons. The van der Waals surface area contributed by atoms with Gasteiger partial charge in [0.05, 0.1) is 0 Å². The van der Waals surface area contributed by atoms with Gasteiger partial charge in [0.2, 0.25) is 11.8 Å². The number of hydrogen-bond acceptors (Lipinski definition) is 4. The van der Waals surface area contributed by atoms with Gasteiger partial charge in [0.1, 0.15) is 17.7 Å². The molecule has 0 aliphatic heterocycles. The monoisotopic (exact) mass is 286 g/mol. The molecule has 0 aromatic heterocycles. The predicted octanol–water partition coefficient (Wildman–Crippen LogP) is 0.994. The fourth-order valence-electron chi connectivity index (χ4n) is 1.51. The Morgan fingerprint density at radius 3 is 1.85 bits per heavy atom. The first-order valence-electron chi connectivity index (χ1n) is 6.74. The molecule has 0 aliphatic carbocycles. The van der Waals surface area contributed by atoms with E-state index in [4.69, 9.17) is 4.74 Å². The summed E-state index contributed by atoms with van der Waals surface area (Å²) in [4.78, 5) is 34.9. The Bertz CT molecular complexity index is 372. The van der Waals surface area contributed by atoms with Crippen LogP contribution in [0, 0.1) is 5.92 Å². The summed E-state index contributed by atoms with van der Waals surface area (Å²) in [5.74, 6) is -1.30. The highest BCUT2D eigenvalue weighted by Gasteiger charge is 2.30. The van der Waals surface area contributed by atoms with Gasteiger partial charge >= 0.3 is 5.97 Å². The molecule has 20 heavy (non-hydrogen) atoms. The lowest BCUT2D eigenvalue weighted by Crippen LogP contribution is -2.53. The molecule has 2 amide bonds. The molecule has 0 radical (unpaired) electrons. The van der Waals surface area contributed by atoms with Crippen molar-refractivity contribution in [3.8, 4) is 0 Å². The average Bonchev–Trinajstić information content (AvgIpc) is 2.21. The van der Waals surface area contributed by atoms with E-state index in [1.807, 2.05) is 13.8 Å². The van der Waals surface area contributed by atoms with Gasteiger partial charge in [-0.3, -0.25) is 9.59 Å². The van der Waals surface area contributed by atoms with E-state index < -0.39 is 29.6 Å². The lowest BCUT2D eigenvalue weighted by molar-refractivity contribution is -0.160. The van der Waals surface area contributed by atoms with Crippen molar-refractivity contribution in [2.24, 2.45) is 5.92 Å². The zero-order valence-corrected chi connectivity index (χ0v) is 13.4. The Hall–Kier alpha value is -1.59. The van der Waals surface area contributed by atoms with Crippen LogP contribution in [-0.2, 0) is 19.1 Å². The number of rotatable bonds is 5. The van der Waals surface area contributed by atoms with E-state index >= 15 is 0 Å². The normalized spacial score (nSPS) is 14.4. The Kier molecular flexibility index (Phi) is 6.68. The molecule has 0 saturated carbocycles. The van der Waals surface area contributed by atoms with E-state index in [1.165, 1.54) is 6.92 Å². The molecule has 0 saturated heterocycles. The molecule has 0 bridgehead atoms. The van der Waals surface area contributed by atoms with Crippen molar-refractivity contribution in [2.75, 3.05) is 0 Å². The third-order valence-electron chi connectivity index (χ3n) is 2.44. The molecular formula is C14H26N2O4. The van der Waals surface area contributed by atoms with Gasteiger partial charge in [-0.25, -0.2) is 4.79 Å². The molecule has 6 heteroatoms. The molecule has 2 atom stereocenters. The second-order valence-electron chi connectivity index (χ2n) is 6.19. The van der Waals surface area contributed by atoms with Crippen LogP contribution < -0.4 is 10.6 Å². The predicted molar refractivity (Wildman–Crippen MR) is 75.9 cm³/mol. The smallest absolute Gasteiger partial charge is 0.329 e. The Balaban J connectivity index is 4.74. The second kappa shape index (κ2) is 7.26. The van der Waals surface area contributed by atoms with Crippen molar-refractivity contribution in [3.05, 3.63) is 0 Å². The summed E-state index contributed by atoms with van der Waals surface area (Å²) in [6, 6.07) is -1.44. The minimum atomic E-state index is -0.738. The van der Waals surface area contributed by atoms with E-state index in [0.717, 1.165) is 0 Å². The summed E-state index contributed by atoms with van der Waals surface area (Å²) < 4.78 is 5.28. The van der Waals surface area contributed by atoms with Crippen LogP contribution in [0.5, 0.6) is 0 Å². The van der Waals surface area contributed by atoms with Crippen LogP contribution in [0.25, 0.3) is 0 Å². The van der Waals surface area contributed by atoms with Gasteiger partial charge in [0.25, 0.3) is 0 Å². The van der Waals surface area contributed by atoms with E-state index in [2.05, 4.69) is 10.6 Å². The molecule has 2 N–H and O–H groups in total.